The summed E-state index contributed by atoms with van der Waals surface area (Å²) in [5, 5.41) is 3.46. The lowest BCUT2D eigenvalue weighted by Crippen LogP contribution is -2.29. The van der Waals surface area contributed by atoms with Gasteiger partial charge >= 0.3 is 6.36 Å². The lowest BCUT2D eigenvalue weighted by Gasteiger charge is -2.26. The zero-order valence-corrected chi connectivity index (χ0v) is 19.4. The van der Waals surface area contributed by atoms with E-state index >= 15 is 0 Å². The molecule has 1 unspecified atom stereocenters. The van der Waals surface area contributed by atoms with Crippen molar-refractivity contribution >= 4 is 0 Å². The highest BCUT2D eigenvalue weighted by Gasteiger charge is 2.31. The Labute approximate surface area is 202 Å². The van der Waals surface area contributed by atoms with E-state index in [0.29, 0.717) is 24.5 Å². The minimum absolute atomic E-state index is 0.174. The summed E-state index contributed by atoms with van der Waals surface area (Å²) in [5.74, 6) is 1.57. The number of ether oxygens (including phenoxy) is 3. The molecule has 0 aliphatic carbocycles. The normalized spacial score (nSPS) is 15.8. The van der Waals surface area contributed by atoms with Crippen LogP contribution in [0.2, 0.25) is 0 Å². The van der Waals surface area contributed by atoms with Crippen LogP contribution in [0, 0.1) is 0 Å². The fourth-order valence-electron chi connectivity index (χ4n) is 3.80. The first kappa shape index (κ1) is 24.3. The van der Waals surface area contributed by atoms with E-state index in [2.05, 4.69) is 23.1 Å². The van der Waals surface area contributed by atoms with Gasteiger partial charge in [-0.2, -0.15) is 0 Å². The van der Waals surface area contributed by atoms with Gasteiger partial charge in [0.25, 0.3) is 0 Å². The molecule has 3 aromatic carbocycles. The summed E-state index contributed by atoms with van der Waals surface area (Å²) in [6.45, 7) is 4.63. The maximum Gasteiger partial charge on any atom is 0.573 e. The van der Waals surface area contributed by atoms with Crippen LogP contribution in [0.3, 0.4) is 0 Å². The SMILES string of the molecule is CC1=C(Cc2ccc(Oc3ccc(OC(F)(F)F)cc3)cc2)C(OCc2ccccc2)=CC(C)N1. The third kappa shape index (κ3) is 7.06. The molecule has 1 heterocycles. The van der Waals surface area contributed by atoms with Crippen molar-refractivity contribution in [2.75, 3.05) is 0 Å². The number of halogens is 3. The van der Waals surface area contributed by atoms with Crippen molar-refractivity contribution in [2.45, 2.75) is 39.3 Å². The molecule has 0 saturated heterocycles. The molecule has 0 amide bonds. The van der Waals surface area contributed by atoms with E-state index in [0.717, 1.165) is 28.2 Å². The maximum absolute atomic E-state index is 12.3. The van der Waals surface area contributed by atoms with E-state index in [1.807, 2.05) is 61.5 Å². The molecule has 182 valence electrons. The van der Waals surface area contributed by atoms with Crippen LogP contribution in [0.5, 0.6) is 17.2 Å². The summed E-state index contributed by atoms with van der Waals surface area (Å²) in [7, 11) is 0. The molecule has 0 saturated carbocycles. The first-order valence-electron chi connectivity index (χ1n) is 11.2. The Balaban J connectivity index is 1.40. The molecule has 0 spiro atoms. The average molecular weight is 482 g/mol. The Hall–Kier alpha value is -3.87. The molecule has 0 radical (unpaired) electrons. The van der Waals surface area contributed by atoms with Gasteiger partial charge in [0, 0.05) is 23.7 Å². The quantitative estimate of drug-likeness (QED) is 0.367. The predicted molar refractivity (Wildman–Crippen MR) is 128 cm³/mol. The van der Waals surface area contributed by atoms with Gasteiger partial charge in [-0.1, -0.05) is 42.5 Å². The Morgan fingerprint density at radius 3 is 2.03 bits per heavy atom. The van der Waals surface area contributed by atoms with Crippen LogP contribution in [0.1, 0.15) is 25.0 Å². The van der Waals surface area contributed by atoms with Crippen molar-refractivity contribution in [3.8, 4) is 17.2 Å². The fourth-order valence-corrected chi connectivity index (χ4v) is 3.80. The standard InChI is InChI=1S/C28H26F3NO3/c1-19-16-27(33-18-22-6-4-3-5-7-22)26(20(2)32-19)17-21-8-10-23(11-9-21)34-24-12-14-25(15-13-24)35-28(29,30)31/h3-16,19,32H,17-18H2,1-2H3. The summed E-state index contributed by atoms with van der Waals surface area (Å²) < 4.78 is 52.8. The molecule has 4 rings (SSSR count). The highest BCUT2D eigenvalue weighted by Crippen LogP contribution is 2.29. The molecule has 1 atom stereocenters. The van der Waals surface area contributed by atoms with Crippen molar-refractivity contribution in [3.05, 3.63) is 113 Å². The number of rotatable bonds is 8. The van der Waals surface area contributed by atoms with E-state index in [1.165, 1.54) is 24.3 Å². The van der Waals surface area contributed by atoms with Crippen molar-refractivity contribution < 1.29 is 27.4 Å². The zero-order chi connectivity index (χ0) is 24.8. The number of dihydropyridines is 1. The molecule has 3 aromatic rings. The van der Waals surface area contributed by atoms with Crippen LogP contribution in [-0.2, 0) is 17.8 Å². The van der Waals surface area contributed by atoms with E-state index in [-0.39, 0.29) is 11.8 Å². The topological polar surface area (TPSA) is 39.7 Å². The largest absolute Gasteiger partial charge is 0.573 e. The molecule has 1 N–H and O–H groups in total. The Morgan fingerprint density at radius 2 is 1.40 bits per heavy atom. The van der Waals surface area contributed by atoms with Crippen LogP contribution >= 0.6 is 0 Å². The van der Waals surface area contributed by atoms with E-state index < -0.39 is 6.36 Å². The summed E-state index contributed by atoms with van der Waals surface area (Å²) >= 11 is 0. The number of hydrogen-bond acceptors (Lipinski definition) is 4. The van der Waals surface area contributed by atoms with Crippen molar-refractivity contribution in [1.82, 2.24) is 5.32 Å². The first-order chi connectivity index (χ1) is 16.7. The second-order valence-electron chi connectivity index (χ2n) is 8.28. The minimum Gasteiger partial charge on any atom is -0.489 e. The monoisotopic (exact) mass is 481 g/mol. The summed E-state index contributed by atoms with van der Waals surface area (Å²) in [4.78, 5) is 0. The zero-order valence-electron chi connectivity index (χ0n) is 19.4. The van der Waals surface area contributed by atoms with Crippen LogP contribution in [0.15, 0.2) is 102 Å². The summed E-state index contributed by atoms with van der Waals surface area (Å²) in [5.41, 5.74) is 4.35. The molecule has 7 heteroatoms. The molecule has 1 aliphatic rings. The fraction of sp³-hybridized carbons (Fsp3) is 0.214. The predicted octanol–water partition coefficient (Wildman–Crippen LogP) is 7.29. The summed E-state index contributed by atoms with van der Waals surface area (Å²) in [6, 6.07) is 23.1. The Kier molecular flexibility index (Phi) is 7.34. The second kappa shape index (κ2) is 10.6. The number of benzene rings is 3. The van der Waals surface area contributed by atoms with Gasteiger partial charge in [-0.15, -0.1) is 13.2 Å². The number of allylic oxidation sites excluding steroid dienone is 2. The third-order valence-corrected chi connectivity index (χ3v) is 5.43. The first-order valence-corrected chi connectivity index (χ1v) is 11.2. The molecule has 0 aromatic heterocycles. The van der Waals surface area contributed by atoms with Crippen molar-refractivity contribution in [3.63, 3.8) is 0 Å². The van der Waals surface area contributed by atoms with Crippen LogP contribution < -0.4 is 14.8 Å². The Morgan fingerprint density at radius 1 is 0.800 bits per heavy atom. The number of hydrogen-bond donors (Lipinski definition) is 1. The van der Waals surface area contributed by atoms with Gasteiger partial charge in [0.15, 0.2) is 0 Å². The average Bonchev–Trinajstić information content (AvgIpc) is 2.82. The minimum atomic E-state index is -4.72. The molecule has 0 fully saturated rings. The molecule has 4 nitrogen and oxygen atoms in total. The lowest BCUT2D eigenvalue weighted by molar-refractivity contribution is -0.274. The van der Waals surface area contributed by atoms with E-state index in [9.17, 15) is 13.2 Å². The third-order valence-electron chi connectivity index (χ3n) is 5.43. The Bertz CT molecular complexity index is 1180. The molecular formula is C28H26F3NO3. The van der Waals surface area contributed by atoms with Gasteiger partial charge in [0.2, 0.25) is 0 Å². The van der Waals surface area contributed by atoms with Crippen molar-refractivity contribution in [2.24, 2.45) is 0 Å². The molecule has 0 bridgehead atoms. The van der Waals surface area contributed by atoms with Crippen molar-refractivity contribution in [1.29, 1.82) is 0 Å². The highest BCUT2D eigenvalue weighted by molar-refractivity contribution is 5.41. The maximum atomic E-state index is 12.3. The summed E-state index contributed by atoms with van der Waals surface area (Å²) in [6.07, 6.45) is -1.95. The van der Waals surface area contributed by atoms with Gasteiger partial charge in [-0.05, 0) is 67.4 Å². The van der Waals surface area contributed by atoms with Gasteiger partial charge < -0.3 is 19.5 Å². The smallest absolute Gasteiger partial charge is 0.489 e. The van der Waals surface area contributed by atoms with Gasteiger partial charge in [-0.3, -0.25) is 0 Å². The number of nitrogens with one attached hydrogen (secondary N) is 1. The van der Waals surface area contributed by atoms with Gasteiger partial charge in [0.1, 0.15) is 29.6 Å². The number of alkyl halides is 3. The van der Waals surface area contributed by atoms with Gasteiger partial charge in [-0.25, -0.2) is 0 Å². The van der Waals surface area contributed by atoms with E-state index in [4.69, 9.17) is 9.47 Å². The van der Waals surface area contributed by atoms with Crippen LogP contribution in [-0.4, -0.2) is 12.4 Å². The molecule has 1 aliphatic heterocycles. The molecular weight excluding hydrogens is 455 g/mol. The van der Waals surface area contributed by atoms with Gasteiger partial charge in [0.05, 0.1) is 0 Å². The van der Waals surface area contributed by atoms with Crippen LogP contribution in [0.4, 0.5) is 13.2 Å². The molecule has 35 heavy (non-hydrogen) atoms. The second-order valence-corrected chi connectivity index (χ2v) is 8.28. The van der Waals surface area contributed by atoms with E-state index in [1.54, 1.807) is 0 Å². The van der Waals surface area contributed by atoms with Crippen LogP contribution in [0.25, 0.3) is 0 Å². The highest BCUT2D eigenvalue weighted by atomic mass is 19.4. The lowest BCUT2D eigenvalue weighted by atomic mass is 9.97.